The maximum atomic E-state index is 12.8. The first kappa shape index (κ1) is 58.6. The number of halogens is 1. The number of aromatic amines is 2. The molecule has 5 aliphatic heterocycles. The van der Waals surface area contributed by atoms with Gasteiger partial charge >= 0.3 is 12.2 Å². The van der Waals surface area contributed by atoms with Gasteiger partial charge in [0.05, 0.1) is 41.4 Å². The van der Waals surface area contributed by atoms with Crippen molar-refractivity contribution >= 4 is 34.8 Å². The number of aromatic nitrogens is 12. The quantitative estimate of drug-likeness (QED) is 0.127. The Morgan fingerprint density at radius 1 is 0.590 bits per heavy atom. The van der Waals surface area contributed by atoms with Crippen LogP contribution in [-0.4, -0.2) is 126 Å². The van der Waals surface area contributed by atoms with Gasteiger partial charge in [0.1, 0.15) is 33.2 Å². The molecule has 78 heavy (non-hydrogen) atoms. The molecule has 5 aliphatic rings. The molecule has 22 heteroatoms. The summed E-state index contributed by atoms with van der Waals surface area (Å²) in [6.45, 7) is 22.2. The largest absolute Gasteiger partial charge is 0.444 e. The number of hydrogen-bond acceptors (Lipinski definition) is 13. The van der Waals surface area contributed by atoms with Crippen molar-refractivity contribution in [2.45, 2.75) is 181 Å². The van der Waals surface area contributed by atoms with Gasteiger partial charge in [0.25, 0.3) is 0 Å². The van der Waals surface area contributed by atoms with Gasteiger partial charge in [-0.1, -0.05) is 20.8 Å². The van der Waals surface area contributed by atoms with Crippen LogP contribution in [0.5, 0.6) is 0 Å². The van der Waals surface area contributed by atoms with Crippen molar-refractivity contribution < 1.29 is 28.5 Å². The molecule has 0 aromatic carbocycles. The van der Waals surface area contributed by atoms with Crippen molar-refractivity contribution in [3.63, 3.8) is 0 Å². The minimum atomic E-state index is -0.518. The summed E-state index contributed by atoms with van der Waals surface area (Å²) in [4.78, 5) is 28.8. The Hall–Kier alpha value is -5.59. The van der Waals surface area contributed by atoms with Crippen LogP contribution >= 0.6 is 22.6 Å². The number of carbonyl (C=O) groups is 2. The SMILES string of the molecule is C[C@H]1CC[C@H](c2ccn(-c3ccn(C4CCCCO4)n3)n2)N(C(=O)OC(C)(C)C)C1.C[C@H]1CC[C@H](c2ccn(-c3ccn[nH]3)n2)NC1.C[C@H]1CC[C@H](c2ccn[nH]2)N(C(=O)OC(C)(C)C)C1.Ic1ccn(C2CCCCO2)n1. The lowest BCUT2D eigenvalue weighted by atomic mass is 9.93. The molecule has 0 spiro atoms. The molecular formula is C56H84IN15O6. The fraction of sp³-hybridized carbons (Fsp3) is 0.643. The Morgan fingerprint density at radius 3 is 1.71 bits per heavy atom. The average molecular weight is 1190 g/mol. The number of nitrogens with zero attached hydrogens (tertiary/aromatic N) is 12. The highest BCUT2D eigenvalue weighted by atomic mass is 127. The van der Waals surface area contributed by atoms with Crippen LogP contribution in [-0.2, 0) is 18.9 Å². The van der Waals surface area contributed by atoms with Crippen LogP contribution in [0.2, 0.25) is 0 Å². The van der Waals surface area contributed by atoms with Gasteiger partial charge in [-0.05, 0) is 190 Å². The maximum Gasteiger partial charge on any atom is 0.410 e. The van der Waals surface area contributed by atoms with Gasteiger partial charge in [-0.3, -0.25) is 20.0 Å². The summed E-state index contributed by atoms with van der Waals surface area (Å²) in [5.41, 5.74) is 1.99. The molecule has 0 bridgehead atoms. The Bertz CT molecular complexity index is 2720. The summed E-state index contributed by atoms with van der Waals surface area (Å²) in [6.07, 6.45) is 24.2. The Morgan fingerprint density at radius 2 is 1.15 bits per heavy atom. The van der Waals surface area contributed by atoms with Gasteiger partial charge in [0, 0.05) is 69.4 Å². The Kier molecular flexibility index (Phi) is 20.3. The van der Waals surface area contributed by atoms with Gasteiger partial charge in [0.15, 0.2) is 5.82 Å². The van der Waals surface area contributed by atoms with Gasteiger partial charge in [-0.2, -0.15) is 30.6 Å². The molecule has 0 aliphatic carbocycles. The zero-order valence-electron chi connectivity index (χ0n) is 47.3. The molecule has 0 radical (unpaired) electrons. The first-order valence-electron chi connectivity index (χ1n) is 28.2. The molecule has 6 aromatic rings. The van der Waals surface area contributed by atoms with Crippen LogP contribution < -0.4 is 5.32 Å². The lowest BCUT2D eigenvalue weighted by molar-refractivity contribution is -0.0397. The van der Waals surface area contributed by atoms with E-state index < -0.39 is 11.2 Å². The van der Waals surface area contributed by atoms with Gasteiger partial charge in [0.2, 0.25) is 0 Å². The molecule has 2 unspecified atom stereocenters. The summed E-state index contributed by atoms with van der Waals surface area (Å²) < 4.78 is 31.0. The number of amides is 2. The number of rotatable bonds is 7. The normalized spacial score (nSPS) is 24.8. The molecule has 11 heterocycles. The molecule has 0 saturated carbocycles. The lowest BCUT2D eigenvalue weighted by Crippen LogP contribution is -2.44. The predicted octanol–water partition coefficient (Wildman–Crippen LogP) is 11.4. The van der Waals surface area contributed by atoms with Crippen molar-refractivity contribution in [2.75, 3.05) is 32.8 Å². The monoisotopic (exact) mass is 1190 g/mol. The van der Waals surface area contributed by atoms with E-state index in [2.05, 4.69) is 90.4 Å². The van der Waals surface area contributed by atoms with Crippen LogP contribution in [0.15, 0.2) is 73.6 Å². The van der Waals surface area contributed by atoms with Gasteiger partial charge < -0.3 is 24.3 Å². The molecule has 5 saturated heterocycles. The number of ether oxygens (including phenoxy) is 4. The topological polar surface area (TPSA) is 218 Å². The van der Waals surface area contributed by atoms with E-state index in [1.165, 1.54) is 25.7 Å². The summed E-state index contributed by atoms with van der Waals surface area (Å²) in [7, 11) is 0. The van der Waals surface area contributed by atoms with Crippen LogP contribution in [0.1, 0.15) is 187 Å². The van der Waals surface area contributed by atoms with E-state index in [-0.39, 0.29) is 36.7 Å². The highest BCUT2D eigenvalue weighted by molar-refractivity contribution is 14.1. The average Bonchev–Trinajstić information content (AvgIpc) is 4.28. The molecule has 6 aromatic heterocycles. The maximum absolute atomic E-state index is 12.8. The van der Waals surface area contributed by atoms with Crippen LogP contribution in [0, 0.1) is 21.5 Å². The summed E-state index contributed by atoms with van der Waals surface area (Å²) in [5, 5.41) is 35.7. The third kappa shape index (κ3) is 16.7. The first-order chi connectivity index (χ1) is 37.4. The van der Waals surface area contributed by atoms with E-state index in [1.54, 1.807) is 17.1 Å². The molecule has 8 atom stereocenters. The number of hydrogen-bond donors (Lipinski definition) is 3. The fourth-order valence-electron chi connectivity index (χ4n) is 10.3. The van der Waals surface area contributed by atoms with E-state index in [1.807, 2.05) is 121 Å². The van der Waals surface area contributed by atoms with Crippen molar-refractivity contribution in [3.05, 3.63) is 94.4 Å². The van der Waals surface area contributed by atoms with Gasteiger partial charge in [-0.25, -0.2) is 28.3 Å². The number of nitrogens with one attached hydrogen (secondary N) is 3. The second-order valence-electron chi connectivity index (χ2n) is 23.5. The highest BCUT2D eigenvalue weighted by Gasteiger charge is 2.37. The molecule has 3 N–H and O–H groups in total. The minimum Gasteiger partial charge on any atom is -0.444 e. The van der Waals surface area contributed by atoms with Crippen molar-refractivity contribution in [2.24, 2.45) is 17.8 Å². The van der Waals surface area contributed by atoms with Crippen LogP contribution in [0.4, 0.5) is 9.59 Å². The highest BCUT2D eigenvalue weighted by Crippen LogP contribution is 2.36. The first-order valence-corrected chi connectivity index (χ1v) is 29.3. The number of piperidine rings is 3. The van der Waals surface area contributed by atoms with E-state index in [4.69, 9.17) is 24.0 Å². The number of likely N-dealkylation sites (tertiary alicyclic amines) is 2. The minimum absolute atomic E-state index is 0.00465. The summed E-state index contributed by atoms with van der Waals surface area (Å²) in [6, 6.07) is 12.2. The zero-order valence-corrected chi connectivity index (χ0v) is 49.4. The molecule has 5 fully saturated rings. The standard InChI is InChI=1S/C22H33N5O3.C14H23N3O2.C12H17N5.C8H11IN2O/c1-16-8-9-18(25(15-16)21(28)30-22(2,3)4)17-10-12-26(23-17)19-11-13-27(24-19)20-7-5-6-14-29-20;1-10-5-6-12(11-7-8-15-16-11)17(9-10)13(18)19-14(2,3)4;1-9-2-3-10(13-8-9)11-5-7-17(16-11)12-4-6-14-15-12;9-7-4-5-11(10-7)8-3-1-2-6-12-8/h10-13,16,18,20H,5-9,14-15H2,1-4H3;7-8,10,12H,5-6,9H2,1-4H3,(H,15,16);4-7,9-10,13H,2-3,8H2,1H3,(H,14,15);4-5,8H,1-3,6H2/t16-,18+,20?;10-,12+;9-,10+;/m000./s1. The van der Waals surface area contributed by atoms with Gasteiger partial charge in [-0.15, -0.1) is 0 Å². The van der Waals surface area contributed by atoms with Crippen molar-refractivity contribution in [1.82, 2.24) is 74.6 Å². The molecule has 21 nitrogen and oxygen atoms in total. The predicted molar refractivity (Wildman–Crippen MR) is 304 cm³/mol. The Labute approximate surface area is 473 Å². The third-order valence-corrected chi connectivity index (χ3v) is 15.0. The smallest absolute Gasteiger partial charge is 0.410 e. The van der Waals surface area contributed by atoms with Crippen LogP contribution in [0.3, 0.4) is 0 Å². The third-order valence-electron chi connectivity index (χ3n) is 14.4. The second kappa shape index (κ2) is 27.0. The number of carbonyl (C=O) groups excluding carboxylic acids is 2. The summed E-state index contributed by atoms with van der Waals surface area (Å²) >= 11 is 2.21. The molecule has 426 valence electrons. The lowest BCUT2D eigenvalue weighted by Gasteiger charge is -2.38. The van der Waals surface area contributed by atoms with Crippen molar-refractivity contribution in [3.8, 4) is 11.6 Å². The summed E-state index contributed by atoms with van der Waals surface area (Å²) in [5.74, 6) is 3.39. The van der Waals surface area contributed by atoms with E-state index >= 15 is 0 Å². The molecule has 11 rings (SSSR count). The zero-order chi connectivity index (χ0) is 55.4. The number of H-pyrrole nitrogens is 2. The Balaban J connectivity index is 0.000000145. The van der Waals surface area contributed by atoms with E-state index in [0.717, 1.165) is 116 Å². The second-order valence-corrected chi connectivity index (χ2v) is 24.6. The fourth-order valence-corrected chi connectivity index (χ4v) is 10.7. The van der Waals surface area contributed by atoms with Crippen LogP contribution in [0.25, 0.3) is 11.6 Å². The van der Waals surface area contributed by atoms with E-state index in [0.29, 0.717) is 24.4 Å². The molecular weight excluding hydrogens is 1110 g/mol. The van der Waals surface area contributed by atoms with E-state index in [9.17, 15) is 9.59 Å². The van der Waals surface area contributed by atoms with Crippen molar-refractivity contribution in [1.29, 1.82) is 0 Å². The molecule has 2 amide bonds.